The zero-order valence-corrected chi connectivity index (χ0v) is 23.7. The number of carbonyl (C=O) groups excluding carboxylic acids is 4. The molecule has 0 bridgehead atoms. The summed E-state index contributed by atoms with van der Waals surface area (Å²) < 4.78 is 29.2. The van der Waals surface area contributed by atoms with Crippen molar-refractivity contribution in [2.75, 3.05) is 6.54 Å². The van der Waals surface area contributed by atoms with E-state index in [-0.39, 0.29) is 13.0 Å². The van der Waals surface area contributed by atoms with Gasteiger partial charge in [-0.15, -0.1) is 6.58 Å². The van der Waals surface area contributed by atoms with Crippen LogP contribution in [-0.2, 0) is 33.3 Å². The summed E-state index contributed by atoms with van der Waals surface area (Å²) in [5.74, 6) is -2.15. The second-order valence-corrected chi connectivity index (χ2v) is 11.8. The number of hydrogen-bond donors (Lipinski definition) is 0. The summed E-state index contributed by atoms with van der Waals surface area (Å²) >= 11 is 0. The number of carbonyl (C=O) groups is 4. The highest BCUT2D eigenvalue weighted by Gasteiger charge is 2.63. The Morgan fingerprint density at radius 1 is 1.00 bits per heavy atom. The van der Waals surface area contributed by atoms with E-state index in [4.69, 9.17) is 23.7 Å². The largest absolute Gasteiger partial charge is 0.460 e. The predicted molar refractivity (Wildman–Crippen MR) is 133 cm³/mol. The number of fused-ring (bicyclic) bond motifs is 1. The summed E-state index contributed by atoms with van der Waals surface area (Å²) in [6.45, 7) is 19.7. The lowest BCUT2D eigenvalue weighted by Crippen LogP contribution is -2.56. The molecule has 11 heteroatoms. The van der Waals surface area contributed by atoms with Crippen LogP contribution in [0.4, 0.5) is 9.59 Å². The van der Waals surface area contributed by atoms with E-state index < -0.39 is 71.4 Å². The molecule has 0 aromatic carbocycles. The molecular weight excluding hydrogens is 484 g/mol. The first-order valence-electron chi connectivity index (χ1n) is 12.4. The fourth-order valence-electron chi connectivity index (χ4n) is 4.54. The van der Waals surface area contributed by atoms with E-state index in [0.29, 0.717) is 0 Å². The van der Waals surface area contributed by atoms with Crippen LogP contribution in [0, 0.1) is 0 Å². The van der Waals surface area contributed by atoms with Gasteiger partial charge < -0.3 is 23.7 Å². The van der Waals surface area contributed by atoms with Crippen LogP contribution in [0.3, 0.4) is 0 Å². The third-order valence-corrected chi connectivity index (χ3v) is 5.62. The van der Waals surface area contributed by atoms with Gasteiger partial charge in [0.2, 0.25) is 5.91 Å². The average Bonchev–Trinajstić information content (AvgIpc) is 3.12. The predicted octanol–water partition coefficient (Wildman–Crippen LogP) is 3.79. The van der Waals surface area contributed by atoms with Crippen molar-refractivity contribution in [3.63, 3.8) is 0 Å². The summed E-state index contributed by atoms with van der Waals surface area (Å²) in [6.07, 6.45) is -2.15. The maximum absolute atomic E-state index is 13.6. The van der Waals surface area contributed by atoms with Crippen molar-refractivity contribution in [3.05, 3.63) is 12.7 Å². The van der Waals surface area contributed by atoms with Gasteiger partial charge in [0.15, 0.2) is 5.79 Å². The summed E-state index contributed by atoms with van der Waals surface area (Å²) in [6, 6.07) is -1.73. The molecule has 0 unspecified atom stereocenters. The fourth-order valence-corrected chi connectivity index (χ4v) is 4.54. The number of nitrogens with zero attached hydrogens (tertiary/aromatic N) is 2. The van der Waals surface area contributed by atoms with Gasteiger partial charge in [0.1, 0.15) is 35.6 Å². The second-order valence-electron chi connectivity index (χ2n) is 11.8. The van der Waals surface area contributed by atoms with Crippen LogP contribution in [0.5, 0.6) is 0 Å². The topological polar surface area (TPSA) is 121 Å². The van der Waals surface area contributed by atoms with Crippen LogP contribution in [0.25, 0.3) is 0 Å². The fraction of sp³-hybridized carbons (Fsp3) is 0.769. The van der Waals surface area contributed by atoms with E-state index in [9.17, 15) is 19.2 Å². The number of ether oxygens (including phenoxy) is 5. The van der Waals surface area contributed by atoms with Crippen molar-refractivity contribution in [3.8, 4) is 0 Å². The van der Waals surface area contributed by atoms with Crippen molar-refractivity contribution in [1.29, 1.82) is 0 Å². The Morgan fingerprint density at radius 2 is 1.54 bits per heavy atom. The minimum Gasteiger partial charge on any atom is -0.460 e. The first kappa shape index (κ1) is 30.6. The molecule has 0 saturated carbocycles. The quantitative estimate of drug-likeness (QED) is 0.289. The number of rotatable bonds is 6. The molecule has 210 valence electrons. The average molecular weight is 527 g/mol. The molecule has 2 aliphatic rings. The molecule has 2 fully saturated rings. The van der Waals surface area contributed by atoms with Gasteiger partial charge in [-0.3, -0.25) is 14.5 Å². The second kappa shape index (κ2) is 11.0. The molecule has 0 radical (unpaired) electrons. The molecule has 0 aliphatic carbocycles. The summed E-state index contributed by atoms with van der Waals surface area (Å²) in [5, 5.41) is 0. The molecule has 2 heterocycles. The van der Waals surface area contributed by atoms with E-state index in [0.717, 1.165) is 4.90 Å². The lowest BCUT2D eigenvalue weighted by Gasteiger charge is -2.39. The molecule has 5 atom stereocenters. The van der Waals surface area contributed by atoms with Gasteiger partial charge in [-0.2, -0.15) is 0 Å². The van der Waals surface area contributed by atoms with Crippen LogP contribution in [-0.4, -0.2) is 87.8 Å². The Labute approximate surface area is 219 Å². The first-order chi connectivity index (χ1) is 16.8. The number of amides is 3. The molecule has 0 spiro atoms. The minimum absolute atomic E-state index is 0.214. The maximum Gasteiger partial charge on any atom is 0.417 e. The van der Waals surface area contributed by atoms with Gasteiger partial charge >= 0.3 is 18.2 Å². The van der Waals surface area contributed by atoms with Crippen molar-refractivity contribution in [2.45, 2.75) is 123 Å². The highest BCUT2D eigenvalue weighted by atomic mass is 16.8. The standard InChI is InChI=1S/C26H42N2O9/c1-12-13-18(33-16(3)30)19-21-20(34-26(10,11)35-21)17(28(19)23(32)37-25(7,8)9)14-27(15(2)29)22(31)36-24(4,5)6/h12,17-21H,1,13-14H2,2-11H3/t17-,18+,19-,20-,21+/m1/s1. The number of imide groups is 1. The lowest BCUT2D eigenvalue weighted by atomic mass is 10.0. The molecule has 11 nitrogen and oxygen atoms in total. The lowest BCUT2D eigenvalue weighted by molar-refractivity contribution is -0.177. The summed E-state index contributed by atoms with van der Waals surface area (Å²) in [5.41, 5.74) is -1.71. The van der Waals surface area contributed by atoms with Crippen molar-refractivity contribution >= 4 is 24.1 Å². The van der Waals surface area contributed by atoms with Crippen LogP contribution < -0.4 is 0 Å². The number of hydrogen-bond acceptors (Lipinski definition) is 9. The monoisotopic (exact) mass is 526 g/mol. The van der Waals surface area contributed by atoms with Gasteiger partial charge in [0, 0.05) is 20.3 Å². The zero-order valence-electron chi connectivity index (χ0n) is 23.7. The maximum atomic E-state index is 13.6. The van der Waals surface area contributed by atoms with Gasteiger partial charge in [-0.05, 0) is 55.4 Å². The van der Waals surface area contributed by atoms with Crippen molar-refractivity contribution in [2.24, 2.45) is 0 Å². The molecule has 37 heavy (non-hydrogen) atoms. The Kier molecular flexibility index (Phi) is 9.07. The highest BCUT2D eigenvalue weighted by Crippen LogP contribution is 2.43. The van der Waals surface area contributed by atoms with Crippen LogP contribution in [0.15, 0.2) is 12.7 Å². The number of likely N-dealkylation sites (tertiary alicyclic amines) is 1. The molecular formula is C26H42N2O9. The van der Waals surface area contributed by atoms with Gasteiger partial charge in [-0.1, -0.05) is 6.08 Å². The van der Waals surface area contributed by atoms with E-state index in [1.807, 2.05) is 0 Å². The smallest absolute Gasteiger partial charge is 0.417 e. The van der Waals surface area contributed by atoms with Crippen LogP contribution >= 0.6 is 0 Å². The third kappa shape index (κ3) is 7.91. The minimum atomic E-state index is -1.03. The Hall–Kier alpha value is -2.66. The molecule has 0 N–H and O–H groups in total. The molecule has 2 saturated heterocycles. The Morgan fingerprint density at radius 3 is 2.00 bits per heavy atom. The Balaban J connectivity index is 2.61. The molecule has 0 aromatic heterocycles. The van der Waals surface area contributed by atoms with Gasteiger partial charge in [-0.25, -0.2) is 14.5 Å². The van der Waals surface area contributed by atoms with Crippen molar-refractivity contribution in [1.82, 2.24) is 9.80 Å². The molecule has 3 amide bonds. The SMILES string of the molecule is C=CC[C@H](OC(C)=O)[C@@H]1[C@@H]2OC(C)(C)O[C@@H]2[C@@H](CN(C(C)=O)C(=O)OC(C)(C)C)N1C(=O)OC(C)(C)C. The molecule has 2 rings (SSSR count). The van der Waals surface area contributed by atoms with E-state index in [1.54, 1.807) is 61.5 Å². The van der Waals surface area contributed by atoms with Crippen LogP contribution in [0.2, 0.25) is 0 Å². The van der Waals surface area contributed by atoms with Crippen molar-refractivity contribution < 1.29 is 42.9 Å². The van der Waals surface area contributed by atoms with E-state index in [2.05, 4.69) is 6.58 Å². The van der Waals surface area contributed by atoms with Crippen LogP contribution in [0.1, 0.15) is 75.7 Å². The molecule has 2 aliphatic heterocycles. The zero-order chi connectivity index (χ0) is 28.5. The van der Waals surface area contributed by atoms with E-state index in [1.165, 1.54) is 18.7 Å². The summed E-state index contributed by atoms with van der Waals surface area (Å²) in [4.78, 5) is 53.5. The Bertz CT molecular complexity index is 903. The summed E-state index contributed by atoms with van der Waals surface area (Å²) in [7, 11) is 0. The molecule has 0 aromatic rings. The third-order valence-electron chi connectivity index (χ3n) is 5.62. The first-order valence-corrected chi connectivity index (χ1v) is 12.4. The van der Waals surface area contributed by atoms with Gasteiger partial charge in [0.05, 0.1) is 12.6 Å². The van der Waals surface area contributed by atoms with E-state index >= 15 is 0 Å². The number of esters is 1. The van der Waals surface area contributed by atoms with Gasteiger partial charge in [0.25, 0.3) is 0 Å². The highest BCUT2D eigenvalue weighted by molar-refractivity contribution is 5.90. The normalized spacial score (nSPS) is 25.6.